The van der Waals surface area contributed by atoms with Gasteiger partial charge in [-0.15, -0.1) is 0 Å². The molecule has 0 bridgehead atoms. The molecule has 2 aromatic rings. The van der Waals surface area contributed by atoms with Crippen molar-refractivity contribution in [1.82, 2.24) is 15.3 Å². The molecule has 3 nitrogen and oxygen atoms in total. The maximum Gasteiger partial charge on any atom is 0.115 e. The zero-order valence-corrected chi connectivity index (χ0v) is 10.3. The molecule has 1 fully saturated rings. The molecular formula is C15H17N3. The third-order valence-electron chi connectivity index (χ3n) is 3.58. The summed E-state index contributed by atoms with van der Waals surface area (Å²) >= 11 is 0. The summed E-state index contributed by atoms with van der Waals surface area (Å²) in [4.78, 5) is 8.19. The molecule has 0 atom stereocenters. The Hall–Kier alpha value is -1.74. The summed E-state index contributed by atoms with van der Waals surface area (Å²) < 4.78 is 0. The SMILES string of the molecule is c1ccc(-c2cncnc2)c(CNC2CCC2)c1. The highest BCUT2D eigenvalue weighted by molar-refractivity contribution is 5.65. The van der Waals surface area contributed by atoms with Crippen molar-refractivity contribution in [2.24, 2.45) is 0 Å². The van der Waals surface area contributed by atoms with E-state index < -0.39 is 0 Å². The monoisotopic (exact) mass is 239 g/mol. The molecule has 1 N–H and O–H groups in total. The summed E-state index contributed by atoms with van der Waals surface area (Å²) in [5.74, 6) is 0. The predicted octanol–water partition coefficient (Wildman–Crippen LogP) is 2.79. The van der Waals surface area contributed by atoms with Crippen LogP contribution in [0.5, 0.6) is 0 Å². The van der Waals surface area contributed by atoms with Gasteiger partial charge < -0.3 is 5.32 Å². The van der Waals surface area contributed by atoms with E-state index in [1.807, 2.05) is 12.4 Å². The minimum atomic E-state index is 0.713. The molecule has 0 saturated heterocycles. The Morgan fingerprint density at radius 3 is 2.61 bits per heavy atom. The second-order valence-electron chi connectivity index (χ2n) is 4.79. The van der Waals surface area contributed by atoms with Crippen LogP contribution in [0, 0.1) is 0 Å². The molecule has 0 spiro atoms. The van der Waals surface area contributed by atoms with Crippen LogP contribution in [-0.4, -0.2) is 16.0 Å². The van der Waals surface area contributed by atoms with E-state index in [4.69, 9.17) is 0 Å². The molecule has 1 aliphatic carbocycles. The van der Waals surface area contributed by atoms with Gasteiger partial charge in [-0.3, -0.25) is 0 Å². The first-order valence-electron chi connectivity index (χ1n) is 6.50. The van der Waals surface area contributed by atoms with Crippen LogP contribution >= 0.6 is 0 Å². The predicted molar refractivity (Wildman–Crippen MR) is 71.9 cm³/mol. The van der Waals surface area contributed by atoms with Gasteiger partial charge in [0.2, 0.25) is 0 Å². The van der Waals surface area contributed by atoms with Crippen LogP contribution in [0.15, 0.2) is 43.0 Å². The summed E-state index contributed by atoms with van der Waals surface area (Å²) in [6, 6.07) is 9.18. The molecule has 92 valence electrons. The molecule has 1 heterocycles. The van der Waals surface area contributed by atoms with Crippen molar-refractivity contribution < 1.29 is 0 Å². The van der Waals surface area contributed by atoms with Crippen molar-refractivity contribution in [3.05, 3.63) is 48.5 Å². The normalized spacial score (nSPS) is 15.3. The summed E-state index contributed by atoms with van der Waals surface area (Å²) in [6.07, 6.45) is 9.31. The Kier molecular flexibility index (Phi) is 3.33. The summed E-state index contributed by atoms with van der Waals surface area (Å²) in [5.41, 5.74) is 3.63. The second kappa shape index (κ2) is 5.27. The fourth-order valence-corrected chi connectivity index (χ4v) is 2.26. The van der Waals surface area contributed by atoms with E-state index in [0.717, 1.165) is 12.1 Å². The van der Waals surface area contributed by atoms with E-state index >= 15 is 0 Å². The summed E-state index contributed by atoms with van der Waals surface area (Å²) in [6.45, 7) is 0.926. The number of benzene rings is 1. The first-order valence-corrected chi connectivity index (χ1v) is 6.50. The highest BCUT2D eigenvalue weighted by Crippen LogP contribution is 2.23. The number of rotatable bonds is 4. The number of hydrogen-bond donors (Lipinski definition) is 1. The standard InChI is InChI=1S/C15H17N3/c1-2-7-15(13-8-16-11-17-9-13)12(4-1)10-18-14-5-3-6-14/h1-2,4,7-9,11,14,18H,3,5-6,10H2. The number of aromatic nitrogens is 2. The van der Waals surface area contributed by atoms with Gasteiger partial charge in [0.05, 0.1) is 0 Å². The van der Waals surface area contributed by atoms with Crippen molar-refractivity contribution in [3.63, 3.8) is 0 Å². The number of nitrogens with one attached hydrogen (secondary N) is 1. The molecule has 1 saturated carbocycles. The van der Waals surface area contributed by atoms with Gasteiger partial charge in [-0.25, -0.2) is 9.97 Å². The second-order valence-corrected chi connectivity index (χ2v) is 4.79. The fraction of sp³-hybridized carbons (Fsp3) is 0.333. The Morgan fingerprint density at radius 2 is 1.89 bits per heavy atom. The van der Waals surface area contributed by atoms with Crippen LogP contribution in [0.25, 0.3) is 11.1 Å². The smallest absolute Gasteiger partial charge is 0.115 e. The molecule has 1 aromatic heterocycles. The molecule has 18 heavy (non-hydrogen) atoms. The highest BCUT2D eigenvalue weighted by Gasteiger charge is 2.16. The van der Waals surface area contributed by atoms with Gasteiger partial charge in [-0.05, 0) is 24.0 Å². The molecular weight excluding hydrogens is 222 g/mol. The van der Waals surface area contributed by atoms with Crippen molar-refractivity contribution >= 4 is 0 Å². The van der Waals surface area contributed by atoms with Gasteiger partial charge in [0.1, 0.15) is 6.33 Å². The topological polar surface area (TPSA) is 37.8 Å². The van der Waals surface area contributed by atoms with Gasteiger partial charge in [0, 0.05) is 30.5 Å². The lowest BCUT2D eigenvalue weighted by Crippen LogP contribution is -2.34. The van der Waals surface area contributed by atoms with E-state index in [9.17, 15) is 0 Å². The van der Waals surface area contributed by atoms with Crippen LogP contribution in [0.2, 0.25) is 0 Å². The molecule has 1 aliphatic rings. The molecule has 0 aliphatic heterocycles. The summed E-state index contributed by atoms with van der Waals surface area (Å²) in [7, 11) is 0. The first-order chi connectivity index (χ1) is 8.93. The molecule has 0 amide bonds. The van der Waals surface area contributed by atoms with Crippen molar-refractivity contribution in [1.29, 1.82) is 0 Å². The van der Waals surface area contributed by atoms with E-state index in [2.05, 4.69) is 39.6 Å². The lowest BCUT2D eigenvalue weighted by Gasteiger charge is -2.27. The van der Waals surface area contributed by atoms with Gasteiger partial charge in [-0.1, -0.05) is 30.7 Å². The van der Waals surface area contributed by atoms with Crippen LogP contribution in [-0.2, 0) is 6.54 Å². The molecule has 1 aromatic carbocycles. The van der Waals surface area contributed by atoms with Gasteiger partial charge >= 0.3 is 0 Å². The fourth-order valence-electron chi connectivity index (χ4n) is 2.26. The third kappa shape index (κ3) is 2.41. The highest BCUT2D eigenvalue weighted by atomic mass is 14.9. The van der Waals surface area contributed by atoms with Crippen molar-refractivity contribution in [3.8, 4) is 11.1 Å². The molecule has 0 radical (unpaired) electrons. The summed E-state index contributed by atoms with van der Waals surface area (Å²) in [5, 5.41) is 3.60. The van der Waals surface area contributed by atoms with Gasteiger partial charge in [-0.2, -0.15) is 0 Å². The van der Waals surface area contributed by atoms with Gasteiger partial charge in [0.25, 0.3) is 0 Å². The van der Waals surface area contributed by atoms with E-state index in [0.29, 0.717) is 6.04 Å². The van der Waals surface area contributed by atoms with Crippen LogP contribution in [0.4, 0.5) is 0 Å². The first kappa shape index (κ1) is 11.4. The van der Waals surface area contributed by atoms with E-state index in [1.165, 1.54) is 30.4 Å². The average Bonchev–Trinajstić information content (AvgIpc) is 2.39. The van der Waals surface area contributed by atoms with E-state index in [-0.39, 0.29) is 0 Å². The zero-order chi connectivity index (χ0) is 12.2. The molecule has 3 heteroatoms. The molecule has 0 unspecified atom stereocenters. The van der Waals surface area contributed by atoms with Crippen molar-refractivity contribution in [2.45, 2.75) is 31.8 Å². The van der Waals surface area contributed by atoms with Crippen molar-refractivity contribution in [2.75, 3.05) is 0 Å². The minimum absolute atomic E-state index is 0.713. The number of nitrogens with zero attached hydrogens (tertiary/aromatic N) is 2. The zero-order valence-electron chi connectivity index (χ0n) is 10.3. The Bertz CT molecular complexity index is 506. The largest absolute Gasteiger partial charge is 0.310 e. The van der Waals surface area contributed by atoms with Crippen LogP contribution in [0.3, 0.4) is 0 Å². The Balaban J connectivity index is 1.80. The lowest BCUT2D eigenvalue weighted by atomic mass is 9.92. The lowest BCUT2D eigenvalue weighted by molar-refractivity contribution is 0.338. The average molecular weight is 239 g/mol. The maximum absolute atomic E-state index is 4.09. The van der Waals surface area contributed by atoms with Crippen LogP contribution < -0.4 is 5.32 Å². The van der Waals surface area contributed by atoms with E-state index in [1.54, 1.807) is 6.33 Å². The number of hydrogen-bond acceptors (Lipinski definition) is 3. The molecule has 3 rings (SSSR count). The maximum atomic E-state index is 4.09. The quantitative estimate of drug-likeness (QED) is 0.891. The van der Waals surface area contributed by atoms with Crippen LogP contribution in [0.1, 0.15) is 24.8 Å². The van der Waals surface area contributed by atoms with Gasteiger partial charge in [0.15, 0.2) is 0 Å². The minimum Gasteiger partial charge on any atom is -0.310 e. The Labute approximate surface area is 107 Å². The third-order valence-corrected chi connectivity index (χ3v) is 3.58. The Morgan fingerprint density at radius 1 is 1.11 bits per heavy atom.